The van der Waals surface area contributed by atoms with Crippen LogP contribution in [0.3, 0.4) is 0 Å². The van der Waals surface area contributed by atoms with Crippen molar-refractivity contribution in [2.75, 3.05) is 20.2 Å². The zero-order valence-electron chi connectivity index (χ0n) is 8.84. The number of nitrogens with one attached hydrogen (secondary N) is 1. The second-order valence-corrected chi connectivity index (χ2v) is 3.89. The Labute approximate surface area is 85.3 Å². The number of ether oxygens (including phenoxy) is 1. The lowest BCUT2D eigenvalue weighted by atomic mass is 9.94. The summed E-state index contributed by atoms with van der Waals surface area (Å²) in [6.07, 6.45) is 1.11. The standard InChI is InChI=1S/C12H17NO/c1-9-8-13-7-6-10-4-3-5-11(14-2)12(9)10/h3-5,9,13H,6-8H2,1-2H3. The van der Waals surface area contributed by atoms with Crippen LogP contribution >= 0.6 is 0 Å². The van der Waals surface area contributed by atoms with Gasteiger partial charge in [-0.1, -0.05) is 19.1 Å². The normalized spacial score (nSPS) is 21.1. The number of methoxy groups -OCH3 is 1. The van der Waals surface area contributed by atoms with Crippen molar-refractivity contribution in [3.63, 3.8) is 0 Å². The molecule has 0 amide bonds. The number of fused-ring (bicyclic) bond motifs is 1. The summed E-state index contributed by atoms with van der Waals surface area (Å²) in [5.41, 5.74) is 2.82. The van der Waals surface area contributed by atoms with Gasteiger partial charge in [-0.15, -0.1) is 0 Å². The first-order chi connectivity index (χ1) is 6.83. The summed E-state index contributed by atoms with van der Waals surface area (Å²) in [5.74, 6) is 1.59. The predicted octanol–water partition coefficient (Wildman–Crippen LogP) is 1.94. The molecule has 76 valence electrons. The van der Waals surface area contributed by atoms with Crippen LogP contribution < -0.4 is 10.1 Å². The molecule has 1 aliphatic rings. The number of hydrogen-bond acceptors (Lipinski definition) is 2. The Hall–Kier alpha value is -1.02. The minimum Gasteiger partial charge on any atom is -0.496 e. The SMILES string of the molecule is COc1cccc2c1C(C)CNCC2. The Morgan fingerprint density at radius 1 is 1.43 bits per heavy atom. The van der Waals surface area contributed by atoms with Crippen molar-refractivity contribution in [2.24, 2.45) is 0 Å². The summed E-state index contributed by atoms with van der Waals surface area (Å²) in [6.45, 7) is 4.37. The summed E-state index contributed by atoms with van der Waals surface area (Å²) >= 11 is 0. The molecule has 0 saturated heterocycles. The Bertz CT molecular complexity index is 322. The molecule has 0 bridgehead atoms. The van der Waals surface area contributed by atoms with E-state index < -0.39 is 0 Å². The minimum atomic E-state index is 0.545. The third-order valence-corrected chi connectivity index (χ3v) is 2.89. The van der Waals surface area contributed by atoms with Crippen molar-refractivity contribution in [3.05, 3.63) is 29.3 Å². The third kappa shape index (κ3) is 1.62. The fourth-order valence-corrected chi connectivity index (χ4v) is 2.19. The first-order valence-electron chi connectivity index (χ1n) is 5.19. The highest BCUT2D eigenvalue weighted by Gasteiger charge is 2.17. The van der Waals surface area contributed by atoms with Gasteiger partial charge in [-0.25, -0.2) is 0 Å². The molecule has 1 aromatic rings. The molecule has 2 heteroatoms. The second-order valence-electron chi connectivity index (χ2n) is 3.89. The van der Waals surface area contributed by atoms with E-state index in [1.54, 1.807) is 7.11 Å². The zero-order valence-corrected chi connectivity index (χ0v) is 8.84. The molecule has 1 N–H and O–H groups in total. The van der Waals surface area contributed by atoms with Gasteiger partial charge in [0.2, 0.25) is 0 Å². The van der Waals surface area contributed by atoms with Gasteiger partial charge in [0.15, 0.2) is 0 Å². The number of rotatable bonds is 1. The molecule has 0 aliphatic carbocycles. The van der Waals surface area contributed by atoms with Crippen molar-refractivity contribution in [2.45, 2.75) is 19.3 Å². The van der Waals surface area contributed by atoms with Gasteiger partial charge in [0.05, 0.1) is 7.11 Å². The number of hydrogen-bond donors (Lipinski definition) is 1. The third-order valence-electron chi connectivity index (χ3n) is 2.89. The fraction of sp³-hybridized carbons (Fsp3) is 0.500. The molecular formula is C12H17NO. The van der Waals surface area contributed by atoms with Gasteiger partial charge in [0.25, 0.3) is 0 Å². The van der Waals surface area contributed by atoms with Crippen LogP contribution in [0.5, 0.6) is 5.75 Å². The maximum absolute atomic E-state index is 5.41. The van der Waals surface area contributed by atoms with Crippen LogP contribution in [-0.2, 0) is 6.42 Å². The van der Waals surface area contributed by atoms with Gasteiger partial charge in [0.1, 0.15) is 5.75 Å². The van der Waals surface area contributed by atoms with Crippen LogP contribution in [0, 0.1) is 0 Å². The van der Waals surface area contributed by atoms with Gasteiger partial charge >= 0.3 is 0 Å². The Balaban J connectivity index is 2.47. The molecule has 1 aromatic carbocycles. The predicted molar refractivity (Wildman–Crippen MR) is 58.0 cm³/mol. The molecule has 0 fully saturated rings. The molecular weight excluding hydrogens is 174 g/mol. The fourth-order valence-electron chi connectivity index (χ4n) is 2.19. The van der Waals surface area contributed by atoms with E-state index in [0.717, 1.165) is 25.3 Å². The quantitative estimate of drug-likeness (QED) is 0.732. The molecule has 0 radical (unpaired) electrons. The maximum Gasteiger partial charge on any atom is 0.122 e. The van der Waals surface area contributed by atoms with Crippen LogP contribution in [-0.4, -0.2) is 20.2 Å². The highest BCUT2D eigenvalue weighted by Crippen LogP contribution is 2.31. The van der Waals surface area contributed by atoms with Crippen molar-refractivity contribution in [1.29, 1.82) is 0 Å². The summed E-state index contributed by atoms with van der Waals surface area (Å²) in [6, 6.07) is 6.34. The molecule has 2 rings (SSSR count). The zero-order chi connectivity index (χ0) is 9.97. The van der Waals surface area contributed by atoms with Crippen LogP contribution in [0.2, 0.25) is 0 Å². The molecule has 1 aliphatic heterocycles. The Morgan fingerprint density at radius 2 is 2.29 bits per heavy atom. The van der Waals surface area contributed by atoms with Crippen LogP contribution in [0.1, 0.15) is 24.0 Å². The van der Waals surface area contributed by atoms with E-state index in [0.29, 0.717) is 5.92 Å². The minimum absolute atomic E-state index is 0.545. The van der Waals surface area contributed by atoms with Gasteiger partial charge in [0, 0.05) is 12.1 Å². The van der Waals surface area contributed by atoms with Gasteiger partial charge in [-0.2, -0.15) is 0 Å². The van der Waals surface area contributed by atoms with E-state index in [1.807, 2.05) is 0 Å². The summed E-state index contributed by atoms with van der Waals surface area (Å²) in [5, 5.41) is 3.44. The van der Waals surface area contributed by atoms with E-state index in [4.69, 9.17) is 4.74 Å². The highest BCUT2D eigenvalue weighted by atomic mass is 16.5. The monoisotopic (exact) mass is 191 g/mol. The summed E-state index contributed by atoms with van der Waals surface area (Å²) in [7, 11) is 1.75. The Morgan fingerprint density at radius 3 is 3.07 bits per heavy atom. The summed E-state index contributed by atoms with van der Waals surface area (Å²) < 4.78 is 5.41. The van der Waals surface area contributed by atoms with Crippen molar-refractivity contribution in [1.82, 2.24) is 5.32 Å². The first kappa shape index (κ1) is 9.53. The second kappa shape index (κ2) is 4.01. The molecule has 0 aromatic heterocycles. The van der Waals surface area contributed by atoms with E-state index in [2.05, 4.69) is 30.4 Å². The average Bonchev–Trinajstić information content (AvgIpc) is 2.40. The van der Waals surface area contributed by atoms with Gasteiger partial charge in [-0.3, -0.25) is 0 Å². The lowest BCUT2D eigenvalue weighted by Crippen LogP contribution is -2.18. The molecule has 0 saturated carbocycles. The van der Waals surface area contributed by atoms with Crippen LogP contribution in [0.4, 0.5) is 0 Å². The van der Waals surface area contributed by atoms with E-state index >= 15 is 0 Å². The van der Waals surface area contributed by atoms with Gasteiger partial charge < -0.3 is 10.1 Å². The molecule has 1 atom stereocenters. The van der Waals surface area contributed by atoms with E-state index in [9.17, 15) is 0 Å². The van der Waals surface area contributed by atoms with Crippen molar-refractivity contribution < 1.29 is 4.74 Å². The Kier molecular flexibility index (Phi) is 2.73. The van der Waals surface area contributed by atoms with E-state index in [-0.39, 0.29) is 0 Å². The van der Waals surface area contributed by atoms with Crippen LogP contribution in [0.15, 0.2) is 18.2 Å². The smallest absolute Gasteiger partial charge is 0.122 e. The first-order valence-corrected chi connectivity index (χ1v) is 5.19. The molecule has 1 unspecified atom stereocenters. The lowest BCUT2D eigenvalue weighted by molar-refractivity contribution is 0.406. The topological polar surface area (TPSA) is 21.3 Å². The highest BCUT2D eigenvalue weighted by molar-refractivity contribution is 5.43. The van der Waals surface area contributed by atoms with E-state index in [1.165, 1.54) is 11.1 Å². The summed E-state index contributed by atoms with van der Waals surface area (Å²) in [4.78, 5) is 0. The van der Waals surface area contributed by atoms with Crippen molar-refractivity contribution in [3.8, 4) is 5.75 Å². The molecule has 14 heavy (non-hydrogen) atoms. The molecule has 0 spiro atoms. The molecule has 1 heterocycles. The van der Waals surface area contributed by atoms with Crippen LogP contribution in [0.25, 0.3) is 0 Å². The molecule has 2 nitrogen and oxygen atoms in total. The van der Waals surface area contributed by atoms with Gasteiger partial charge in [-0.05, 0) is 30.5 Å². The number of benzene rings is 1. The lowest BCUT2D eigenvalue weighted by Gasteiger charge is -2.16. The van der Waals surface area contributed by atoms with Crippen molar-refractivity contribution >= 4 is 0 Å². The largest absolute Gasteiger partial charge is 0.496 e. The average molecular weight is 191 g/mol. The maximum atomic E-state index is 5.41.